The van der Waals surface area contributed by atoms with Crippen LogP contribution < -0.4 is 5.32 Å². The zero-order chi connectivity index (χ0) is 17.5. The molecule has 0 aliphatic carbocycles. The Balaban J connectivity index is 1.91. The highest BCUT2D eigenvalue weighted by Crippen LogP contribution is 2.18. The minimum absolute atomic E-state index is 0.0375. The summed E-state index contributed by atoms with van der Waals surface area (Å²) in [7, 11) is 0. The number of anilines is 1. The van der Waals surface area contributed by atoms with Gasteiger partial charge in [0.15, 0.2) is 0 Å². The lowest BCUT2D eigenvalue weighted by molar-refractivity contribution is -0.138. The van der Waals surface area contributed by atoms with E-state index >= 15 is 0 Å². The zero-order valence-corrected chi connectivity index (χ0v) is 14.0. The van der Waals surface area contributed by atoms with E-state index in [2.05, 4.69) is 5.32 Å². The molecular weight excluding hydrogens is 308 g/mol. The molecule has 0 spiro atoms. The molecule has 2 amide bonds. The van der Waals surface area contributed by atoms with Gasteiger partial charge < -0.3 is 15.3 Å². The first-order valence-electron chi connectivity index (χ1n) is 8.38. The lowest BCUT2D eigenvalue weighted by Gasteiger charge is -2.24. The lowest BCUT2D eigenvalue weighted by Crippen LogP contribution is -2.39. The van der Waals surface area contributed by atoms with Crippen molar-refractivity contribution in [3.8, 4) is 0 Å². The zero-order valence-electron chi connectivity index (χ0n) is 14.0. The van der Waals surface area contributed by atoms with Crippen molar-refractivity contribution in [1.82, 2.24) is 4.90 Å². The largest absolute Gasteiger partial charge is 0.481 e. The van der Waals surface area contributed by atoms with Crippen molar-refractivity contribution in [2.24, 2.45) is 0 Å². The normalized spacial score (nSPS) is 16.9. The van der Waals surface area contributed by atoms with Crippen LogP contribution >= 0.6 is 0 Å². The Kier molecular flexibility index (Phi) is 6.35. The maximum atomic E-state index is 12.2. The predicted octanol–water partition coefficient (Wildman–Crippen LogP) is 2.61. The van der Waals surface area contributed by atoms with E-state index in [1.807, 2.05) is 0 Å². The molecule has 0 saturated carbocycles. The van der Waals surface area contributed by atoms with Crippen LogP contribution in [0, 0.1) is 0 Å². The van der Waals surface area contributed by atoms with Gasteiger partial charge in [0.05, 0.1) is 12.5 Å². The van der Waals surface area contributed by atoms with Gasteiger partial charge in [0, 0.05) is 18.7 Å². The van der Waals surface area contributed by atoms with Crippen LogP contribution in [0.3, 0.4) is 0 Å². The maximum Gasteiger partial charge on any atom is 0.310 e. The first-order valence-corrected chi connectivity index (χ1v) is 8.38. The van der Waals surface area contributed by atoms with Crippen molar-refractivity contribution < 1.29 is 19.5 Å². The standard InChI is InChI=1S/C18H24N2O4/c1-13(18(23)24)14-7-9-15(10-8-14)19-16(21)12-20-11-5-3-2-4-6-17(20)22/h7-10,13H,2-6,11-12H2,1H3,(H,19,21)(H,23,24). The van der Waals surface area contributed by atoms with Crippen molar-refractivity contribution in [2.45, 2.75) is 44.9 Å². The highest BCUT2D eigenvalue weighted by atomic mass is 16.4. The number of amides is 2. The van der Waals surface area contributed by atoms with Crippen molar-refractivity contribution in [1.29, 1.82) is 0 Å². The molecule has 2 N–H and O–H groups in total. The number of nitrogens with one attached hydrogen (secondary N) is 1. The van der Waals surface area contributed by atoms with Crippen LogP contribution in [0.4, 0.5) is 5.69 Å². The number of carbonyl (C=O) groups is 3. The molecule has 1 unspecified atom stereocenters. The summed E-state index contributed by atoms with van der Waals surface area (Å²) in [5, 5.41) is 11.8. The number of likely N-dealkylation sites (tertiary alicyclic amines) is 1. The Morgan fingerprint density at radius 2 is 1.83 bits per heavy atom. The second-order valence-electron chi connectivity index (χ2n) is 6.21. The molecular formula is C18H24N2O4. The lowest BCUT2D eigenvalue weighted by atomic mass is 10.0. The summed E-state index contributed by atoms with van der Waals surface area (Å²) in [6, 6.07) is 6.75. The van der Waals surface area contributed by atoms with Crippen LogP contribution in [-0.2, 0) is 14.4 Å². The third kappa shape index (κ3) is 5.08. The fourth-order valence-electron chi connectivity index (χ4n) is 2.75. The summed E-state index contributed by atoms with van der Waals surface area (Å²) in [6.07, 6.45) is 4.50. The van der Waals surface area contributed by atoms with Gasteiger partial charge in [-0.25, -0.2) is 0 Å². The SMILES string of the molecule is CC(C(=O)O)c1ccc(NC(=O)CN2CCCCCCC2=O)cc1. The summed E-state index contributed by atoms with van der Waals surface area (Å²) in [5.74, 6) is -1.67. The number of nitrogens with zero attached hydrogens (tertiary/aromatic N) is 1. The second kappa shape index (κ2) is 8.47. The monoisotopic (exact) mass is 332 g/mol. The number of carboxylic acids is 1. The Morgan fingerprint density at radius 1 is 1.17 bits per heavy atom. The van der Waals surface area contributed by atoms with Gasteiger partial charge in [-0.05, 0) is 37.5 Å². The van der Waals surface area contributed by atoms with Gasteiger partial charge in [-0.1, -0.05) is 25.0 Å². The molecule has 1 saturated heterocycles. The summed E-state index contributed by atoms with van der Waals surface area (Å²) in [5.41, 5.74) is 1.28. The van der Waals surface area contributed by atoms with E-state index in [1.165, 1.54) is 0 Å². The number of carbonyl (C=O) groups excluding carboxylic acids is 2. The molecule has 2 rings (SSSR count). The number of hydrogen-bond donors (Lipinski definition) is 2. The van der Waals surface area contributed by atoms with Crippen molar-refractivity contribution in [2.75, 3.05) is 18.4 Å². The maximum absolute atomic E-state index is 12.2. The fourth-order valence-corrected chi connectivity index (χ4v) is 2.75. The molecule has 1 aliphatic rings. The van der Waals surface area contributed by atoms with E-state index in [-0.39, 0.29) is 18.4 Å². The van der Waals surface area contributed by atoms with Crippen molar-refractivity contribution in [3.63, 3.8) is 0 Å². The van der Waals surface area contributed by atoms with E-state index in [1.54, 1.807) is 36.1 Å². The third-order valence-electron chi connectivity index (χ3n) is 4.32. The van der Waals surface area contributed by atoms with Crippen LogP contribution in [0.2, 0.25) is 0 Å². The highest BCUT2D eigenvalue weighted by molar-refractivity contribution is 5.94. The number of hydrogen-bond acceptors (Lipinski definition) is 3. The molecule has 0 aromatic heterocycles. The summed E-state index contributed by atoms with van der Waals surface area (Å²) >= 11 is 0. The molecule has 24 heavy (non-hydrogen) atoms. The Labute approximate surface area is 141 Å². The molecule has 1 aromatic rings. The quantitative estimate of drug-likeness (QED) is 0.868. The fraction of sp³-hybridized carbons (Fsp3) is 0.500. The van der Waals surface area contributed by atoms with Crippen LogP contribution in [0.25, 0.3) is 0 Å². The van der Waals surface area contributed by atoms with E-state index in [0.717, 1.165) is 25.7 Å². The van der Waals surface area contributed by atoms with E-state index in [4.69, 9.17) is 5.11 Å². The van der Waals surface area contributed by atoms with Crippen LogP contribution in [0.15, 0.2) is 24.3 Å². The van der Waals surface area contributed by atoms with E-state index in [0.29, 0.717) is 24.2 Å². The predicted molar refractivity (Wildman–Crippen MR) is 90.8 cm³/mol. The highest BCUT2D eigenvalue weighted by Gasteiger charge is 2.18. The third-order valence-corrected chi connectivity index (χ3v) is 4.32. The minimum Gasteiger partial charge on any atom is -0.481 e. The average Bonchev–Trinajstić information content (AvgIpc) is 2.54. The molecule has 1 heterocycles. The van der Waals surface area contributed by atoms with E-state index < -0.39 is 11.9 Å². The Morgan fingerprint density at radius 3 is 2.50 bits per heavy atom. The number of benzene rings is 1. The van der Waals surface area contributed by atoms with Gasteiger partial charge in [-0.2, -0.15) is 0 Å². The van der Waals surface area contributed by atoms with Gasteiger partial charge in [0.25, 0.3) is 0 Å². The molecule has 130 valence electrons. The summed E-state index contributed by atoms with van der Waals surface area (Å²) < 4.78 is 0. The van der Waals surface area contributed by atoms with Crippen molar-refractivity contribution >= 4 is 23.5 Å². The Bertz CT molecular complexity index is 598. The van der Waals surface area contributed by atoms with Gasteiger partial charge in [-0.15, -0.1) is 0 Å². The number of carboxylic acid groups (broad SMARTS) is 1. The second-order valence-corrected chi connectivity index (χ2v) is 6.21. The van der Waals surface area contributed by atoms with Gasteiger partial charge in [0.1, 0.15) is 0 Å². The number of aliphatic carboxylic acids is 1. The molecule has 1 atom stereocenters. The summed E-state index contributed by atoms with van der Waals surface area (Å²) in [4.78, 5) is 36.8. The first-order chi connectivity index (χ1) is 11.5. The smallest absolute Gasteiger partial charge is 0.310 e. The molecule has 6 nitrogen and oxygen atoms in total. The summed E-state index contributed by atoms with van der Waals surface area (Å²) in [6.45, 7) is 2.30. The van der Waals surface area contributed by atoms with Crippen LogP contribution in [0.1, 0.15) is 50.5 Å². The van der Waals surface area contributed by atoms with E-state index in [9.17, 15) is 14.4 Å². The van der Waals surface area contributed by atoms with Gasteiger partial charge >= 0.3 is 5.97 Å². The first kappa shape index (κ1) is 18.0. The number of rotatable bonds is 5. The molecule has 0 bridgehead atoms. The van der Waals surface area contributed by atoms with Gasteiger partial charge in [0.2, 0.25) is 11.8 Å². The molecule has 1 aromatic carbocycles. The van der Waals surface area contributed by atoms with Crippen molar-refractivity contribution in [3.05, 3.63) is 29.8 Å². The minimum atomic E-state index is -0.887. The molecule has 6 heteroatoms. The van der Waals surface area contributed by atoms with Crippen LogP contribution in [-0.4, -0.2) is 40.9 Å². The molecule has 1 aliphatic heterocycles. The van der Waals surface area contributed by atoms with Gasteiger partial charge in [-0.3, -0.25) is 14.4 Å². The molecule has 0 radical (unpaired) electrons. The molecule has 1 fully saturated rings. The Hall–Kier alpha value is -2.37. The average molecular weight is 332 g/mol. The topological polar surface area (TPSA) is 86.7 Å². The van der Waals surface area contributed by atoms with Crippen LogP contribution in [0.5, 0.6) is 0 Å².